The van der Waals surface area contributed by atoms with Crippen LogP contribution < -0.4 is 0 Å². The number of nitrogens with zero attached hydrogens (tertiary/aromatic N) is 2. The Balaban J connectivity index is 0.000000239. The number of carbonyl (C=O) groups excluding carboxylic acids is 3. The minimum Gasteiger partial charge on any atom is -0.468 e. The molecule has 0 amide bonds. The van der Waals surface area contributed by atoms with Crippen LogP contribution in [0.2, 0.25) is 0 Å². The number of Topliss-reactive ketones (excluding diaryl/α,β-unsaturated/α-hetero) is 1. The SMILES string of the molecule is COC(=O)[C@@H]1CCCN1C1CC=C(OS(=O)(=O)C(F)(F)F)CC1C.COC(=O)[C@@H]1CCCN1C1CCC(=O)CC1C. The number of rotatable bonds is 6. The van der Waals surface area contributed by atoms with Gasteiger partial charge in [0.25, 0.3) is 0 Å². The Morgan fingerprint density at radius 1 is 0.878 bits per heavy atom. The molecule has 4 aliphatic rings. The van der Waals surface area contributed by atoms with Crippen molar-refractivity contribution in [1.29, 1.82) is 0 Å². The van der Waals surface area contributed by atoms with Crippen molar-refractivity contribution in [2.24, 2.45) is 11.8 Å². The Labute approximate surface area is 239 Å². The van der Waals surface area contributed by atoms with Crippen molar-refractivity contribution in [2.75, 3.05) is 27.3 Å². The Kier molecular flexibility index (Phi) is 11.3. The average molecular weight is 611 g/mol. The normalized spacial score (nSPS) is 31.6. The largest absolute Gasteiger partial charge is 0.534 e. The van der Waals surface area contributed by atoms with Gasteiger partial charge in [-0.25, -0.2) is 0 Å². The number of ketones is 1. The van der Waals surface area contributed by atoms with Gasteiger partial charge in [0.05, 0.1) is 14.2 Å². The van der Waals surface area contributed by atoms with Crippen LogP contribution in [0, 0.1) is 11.8 Å². The van der Waals surface area contributed by atoms with Crippen LogP contribution in [0.15, 0.2) is 11.8 Å². The molecule has 1 saturated carbocycles. The fourth-order valence-electron chi connectivity index (χ4n) is 6.57. The molecule has 4 unspecified atom stereocenters. The summed E-state index contributed by atoms with van der Waals surface area (Å²) < 4.78 is 73.2. The van der Waals surface area contributed by atoms with Gasteiger partial charge in [0.15, 0.2) is 0 Å². The lowest BCUT2D eigenvalue weighted by molar-refractivity contribution is -0.148. The lowest BCUT2D eigenvalue weighted by Crippen LogP contribution is -2.48. The standard InChI is InChI=1S/C14H20F3NO5S.C13H21NO3/c1-9-8-10(23-24(20,21)14(15,16)17)5-6-11(9)18-7-3-4-12(18)13(19)22-2;1-9-8-10(15)5-6-11(9)14-7-3-4-12(14)13(16)17-2/h5,9,11-12H,3-4,6-8H2,1-2H3;9,11-12H,3-8H2,1-2H3/t2*9?,11?,12-/m00/s1. The zero-order chi connectivity index (χ0) is 30.5. The van der Waals surface area contributed by atoms with E-state index in [-0.39, 0.29) is 48.2 Å². The fourth-order valence-corrected chi connectivity index (χ4v) is 7.09. The number of hydrogen-bond acceptors (Lipinski definition) is 10. The second-order valence-electron chi connectivity index (χ2n) is 11.3. The monoisotopic (exact) mass is 610 g/mol. The maximum atomic E-state index is 12.4. The lowest BCUT2D eigenvalue weighted by atomic mass is 9.84. The molecular formula is C27H41F3N2O8S. The van der Waals surface area contributed by atoms with E-state index in [0.29, 0.717) is 50.0 Å². The van der Waals surface area contributed by atoms with Gasteiger partial charge in [-0.15, -0.1) is 0 Å². The van der Waals surface area contributed by atoms with E-state index in [2.05, 4.69) is 16.0 Å². The summed E-state index contributed by atoms with van der Waals surface area (Å²) in [5.41, 5.74) is -5.45. The zero-order valence-electron chi connectivity index (χ0n) is 24.0. The predicted molar refractivity (Wildman–Crippen MR) is 142 cm³/mol. The minimum atomic E-state index is -5.64. The Morgan fingerprint density at radius 2 is 1.39 bits per heavy atom. The van der Waals surface area contributed by atoms with Crippen molar-refractivity contribution in [2.45, 2.75) is 101 Å². The smallest absolute Gasteiger partial charge is 0.468 e. The molecule has 0 N–H and O–H groups in total. The lowest BCUT2D eigenvalue weighted by Gasteiger charge is -2.38. The maximum Gasteiger partial charge on any atom is 0.534 e. The second kappa shape index (κ2) is 13.9. The van der Waals surface area contributed by atoms with Gasteiger partial charge in [-0.05, 0) is 69.5 Å². The van der Waals surface area contributed by atoms with Gasteiger partial charge < -0.3 is 13.7 Å². The quantitative estimate of drug-likeness (QED) is 0.251. The first-order chi connectivity index (χ1) is 19.2. The van der Waals surface area contributed by atoms with Crippen LogP contribution >= 0.6 is 0 Å². The average Bonchev–Trinajstić information content (AvgIpc) is 3.58. The predicted octanol–water partition coefficient (Wildman–Crippen LogP) is 3.55. The van der Waals surface area contributed by atoms with Gasteiger partial charge in [0.1, 0.15) is 23.6 Å². The van der Waals surface area contributed by atoms with Crippen molar-refractivity contribution in [1.82, 2.24) is 9.80 Å². The first kappa shape index (κ1) is 33.3. The van der Waals surface area contributed by atoms with Crippen LogP contribution in [0.3, 0.4) is 0 Å². The molecule has 41 heavy (non-hydrogen) atoms. The summed E-state index contributed by atoms with van der Waals surface area (Å²) in [6.45, 7) is 5.57. The topological polar surface area (TPSA) is 120 Å². The number of likely N-dealkylation sites (tertiary alicyclic amines) is 2. The molecule has 0 aromatic rings. The van der Waals surface area contributed by atoms with E-state index in [1.54, 1.807) is 6.92 Å². The molecule has 6 atom stereocenters. The third-order valence-electron chi connectivity index (χ3n) is 8.58. The zero-order valence-corrected chi connectivity index (χ0v) is 24.8. The highest BCUT2D eigenvalue weighted by atomic mass is 32.2. The number of ether oxygens (including phenoxy) is 2. The molecule has 0 spiro atoms. The van der Waals surface area contributed by atoms with Gasteiger partial charge in [-0.3, -0.25) is 24.2 Å². The van der Waals surface area contributed by atoms with E-state index >= 15 is 0 Å². The van der Waals surface area contributed by atoms with E-state index in [9.17, 15) is 36.0 Å². The number of esters is 2. The second-order valence-corrected chi connectivity index (χ2v) is 12.8. The first-order valence-corrected chi connectivity index (χ1v) is 15.5. The van der Waals surface area contributed by atoms with Crippen LogP contribution in [0.5, 0.6) is 0 Å². The molecule has 0 bridgehead atoms. The first-order valence-electron chi connectivity index (χ1n) is 14.1. The van der Waals surface area contributed by atoms with Crippen LogP contribution in [-0.2, 0) is 38.2 Å². The summed E-state index contributed by atoms with van der Waals surface area (Å²) in [6.07, 6.45) is 7.41. The molecule has 14 heteroatoms. The number of halogens is 3. The third-order valence-corrected chi connectivity index (χ3v) is 9.58. The van der Waals surface area contributed by atoms with Crippen LogP contribution in [0.4, 0.5) is 13.2 Å². The Hall–Kier alpha value is -2.19. The van der Waals surface area contributed by atoms with Crippen molar-refractivity contribution < 1.29 is 49.6 Å². The summed E-state index contributed by atoms with van der Waals surface area (Å²) in [5.74, 6) is -0.0790. The molecule has 2 saturated heterocycles. The molecule has 10 nitrogen and oxygen atoms in total. The fraction of sp³-hybridized carbons (Fsp3) is 0.815. The van der Waals surface area contributed by atoms with Gasteiger partial charge >= 0.3 is 27.6 Å². The van der Waals surface area contributed by atoms with E-state index in [1.165, 1.54) is 20.3 Å². The van der Waals surface area contributed by atoms with Crippen molar-refractivity contribution in [3.63, 3.8) is 0 Å². The van der Waals surface area contributed by atoms with E-state index in [1.807, 2.05) is 4.90 Å². The third kappa shape index (κ3) is 8.01. The highest BCUT2D eigenvalue weighted by molar-refractivity contribution is 7.87. The molecule has 0 aromatic carbocycles. The molecular weight excluding hydrogens is 569 g/mol. The number of allylic oxidation sites excluding steroid dienone is 1. The molecule has 3 fully saturated rings. The molecule has 2 heterocycles. The van der Waals surface area contributed by atoms with Gasteiger partial charge in [0.2, 0.25) is 0 Å². The number of carbonyl (C=O) groups is 3. The molecule has 4 rings (SSSR count). The van der Waals surface area contributed by atoms with Crippen molar-refractivity contribution in [3.8, 4) is 0 Å². The molecule has 234 valence electrons. The molecule has 0 aromatic heterocycles. The van der Waals surface area contributed by atoms with Gasteiger partial charge in [-0.2, -0.15) is 21.6 Å². The number of hydrogen-bond donors (Lipinski definition) is 0. The number of alkyl halides is 3. The van der Waals surface area contributed by atoms with Gasteiger partial charge in [0, 0.05) is 31.3 Å². The summed E-state index contributed by atoms with van der Waals surface area (Å²) in [5, 5.41) is 0. The molecule has 2 aliphatic carbocycles. The minimum absolute atomic E-state index is 0.0599. The number of methoxy groups -OCH3 is 2. The highest BCUT2D eigenvalue weighted by Gasteiger charge is 2.49. The summed E-state index contributed by atoms with van der Waals surface area (Å²) in [7, 11) is -2.87. The van der Waals surface area contributed by atoms with Crippen molar-refractivity contribution in [3.05, 3.63) is 11.8 Å². The van der Waals surface area contributed by atoms with Crippen LogP contribution in [-0.4, -0.2) is 92.9 Å². The van der Waals surface area contributed by atoms with E-state index in [0.717, 1.165) is 32.2 Å². The Bertz CT molecular complexity index is 1100. The maximum absolute atomic E-state index is 12.4. The Morgan fingerprint density at radius 3 is 1.85 bits per heavy atom. The summed E-state index contributed by atoms with van der Waals surface area (Å²) in [4.78, 5) is 39.2. The molecule has 0 radical (unpaired) electrons. The summed E-state index contributed by atoms with van der Waals surface area (Å²) in [6, 6.07) is -0.144. The molecule has 2 aliphatic heterocycles. The van der Waals surface area contributed by atoms with Crippen molar-refractivity contribution >= 4 is 27.8 Å². The van der Waals surface area contributed by atoms with Crippen LogP contribution in [0.1, 0.15) is 71.6 Å². The van der Waals surface area contributed by atoms with E-state index < -0.39 is 15.6 Å². The van der Waals surface area contributed by atoms with E-state index in [4.69, 9.17) is 9.47 Å². The van der Waals surface area contributed by atoms with Crippen LogP contribution in [0.25, 0.3) is 0 Å². The van der Waals surface area contributed by atoms with Gasteiger partial charge in [-0.1, -0.05) is 13.8 Å². The highest BCUT2D eigenvalue weighted by Crippen LogP contribution is 2.36. The summed E-state index contributed by atoms with van der Waals surface area (Å²) >= 11 is 0.